The first-order valence-electron chi connectivity index (χ1n) is 10.1. The van der Waals surface area contributed by atoms with Crippen LogP contribution in [0.25, 0.3) is 5.69 Å². The van der Waals surface area contributed by atoms with Crippen molar-refractivity contribution in [2.24, 2.45) is 5.92 Å². The van der Waals surface area contributed by atoms with Gasteiger partial charge in [0.1, 0.15) is 0 Å². The van der Waals surface area contributed by atoms with Crippen LogP contribution in [-0.4, -0.2) is 33.9 Å². The quantitative estimate of drug-likeness (QED) is 0.742. The van der Waals surface area contributed by atoms with Crippen LogP contribution in [0.2, 0.25) is 0 Å². The number of ether oxygens (including phenoxy) is 1. The number of carbonyl (C=O) groups excluding carboxylic acids is 1. The number of amides is 2. The number of nitrogens with one attached hydrogen (secondary N) is 1. The number of para-hydroxylation sites is 1. The Hall–Kier alpha value is -3.12. The second-order valence-electron chi connectivity index (χ2n) is 7.68. The van der Waals surface area contributed by atoms with E-state index in [4.69, 9.17) is 4.74 Å². The highest BCUT2D eigenvalue weighted by Crippen LogP contribution is 2.30. The molecule has 6 nitrogen and oxygen atoms in total. The minimum absolute atomic E-state index is 0.0402. The van der Waals surface area contributed by atoms with Crippen LogP contribution in [0.5, 0.6) is 0 Å². The predicted octanol–water partition coefficient (Wildman–Crippen LogP) is 3.68. The van der Waals surface area contributed by atoms with E-state index in [1.165, 1.54) is 0 Å². The summed E-state index contributed by atoms with van der Waals surface area (Å²) >= 11 is 0. The van der Waals surface area contributed by atoms with E-state index in [9.17, 15) is 4.79 Å². The molecule has 1 aromatic heterocycles. The van der Waals surface area contributed by atoms with Gasteiger partial charge in [0.2, 0.25) is 0 Å². The molecule has 2 amide bonds. The van der Waals surface area contributed by atoms with Gasteiger partial charge in [0.15, 0.2) is 0 Å². The first-order chi connectivity index (χ1) is 14.3. The van der Waals surface area contributed by atoms with Crippen molar-refractivity contribution in [2.75, 3.05) is 13.2 Å². The molecule has 6 heteroatoms. The number of rotatable bonds is 4. The molecule has 2 unspecified atom stereocenters. The third-order valence-electron chi connectivity index (χ3n) is 5.82. The third kappa shape index (κ3) is 3.51. The maximum absolute atomic E-state index is 13.1. The highest BCUT2D eigenvalue weighted by molar-refractivity contribution is 5.75. The number of aromatic nitrogens is 2. The van der Waals surface area contributed by atoms with E-state index < -0.39 is 0 Å². The van der Waals surface area contributed by atoms with E-state index in [1.54, 1.807) is 0 Å². The maximum Gasteiger partial charge on any atom is 0.318 e. The summed E-state index contributed by atoms with van der Waals surface area (Å²) in [5.74, 6) is 0.297. The molecule has 3 heterocycles. The summed E-state index contributed by atoms with van der Waals surface area (Å²) in [6.45, 7) is 2.57. The second-order valence-corrected chi connectivity index (χ2v) is 7.68. The number of fused-ring (bicyclic) bond motifs is 1. The molecule has 2 aromatic carbocycles. The summed E-state index contributed by atoms with van der Waals surface area (Å²) in [6, 6.07) is 20.2. The summed E-state index contributed by atoms with van der Waals surface area (Å²) in [6.07, 6.45) is 2.83. The fourth-order valence-corrected chi connectivity index (χ4v) is 4.26. The van der Waals surface area contributed by atoms with Gasteiger partial charge in [-0.3, -0.25) is 0 Å². The molecule has 1 N–H and O–H groups in total. The van der Waals surface area contributed by atoms with E-state index in [-0.39, 0.29) is 12.1 Å². The smallest absolute Gasteiger partial charge is 0.318 e. The Balaban J connectivity index is 1.33. The summed E-state index contributed by atoms with van der Waals surface area (Å²) < 4.78 is 7.53. The van der Waals surface area contributed by atoms with Crippen LogP contribution in [0.1, 0.15) is 29.3 Å². The zero-order valence-corrected chi connectivity index (χ0v) is 16.2. The summed E-state index contributed by atoms with van der Waals surface area (Å²) in [7, 11) is 0. The molecule has 29 heavy (non-hydrogen) atoms. The lowest BCUT2D eigenvalue weighted by atomic mass is 9.92. The lowest BCUT2D eigenvalue weighted by Gasteiger charge is -2.27. The SMILES string of the molecule is O=C(NC(c1ccccc1)C1CCOC1)N1Cc2cnn(-c3ccccc3)c2C1. The maximum atomic E-state index is 13.1. The number of hydrogen-bond acceptors (Lipinski definition) is 3. The molecular formula is C23H24N4O2. The Morgan fingerprint density at radius 3 is 2.55 bits per heavy atom. The average Bonchev–Trinajstić information content (AvgIpc) is 3.50. The molecular weight excluding hydrogens is 364 g/mol. The molecule has 2 aliphatic rings. The summed E-state index contributed by atoms with van der Waals surface area (Å²) in [4.78, 5) is 15.0. The molecule has 0 spiro atoms. The van der Waals surface area contributed by atoms with Gasteiger partial charge in [-0.05, 0) is 24.1 Å². The topological polar surface area (TPSA) is 59.4 Å². The van der Waals surface area contributed by atoms with Crippen molar-refractivity contribution >= 4 is 6.03 Å². The summed E-state index contributed by atoms with van der Waals surface area (Å²) in [5.41, 5.74) is 4.32. The highest BCUT2D eigenvalue weighted by Gasteiger charge is 2.32. The Labute approximate surface area is 170 Å². The standard InChI is InChI=1S/C23H24N4O2/c28-23(25-22(18-11-12-29-16-18)17-7-3-1-4-8-17)26-14-19-13-24-27(21(19)15-26)20-9-5-2-6-10-20/h1-10,13,18,22H,11-12,14-16H2,(H,25,28). The van der Waals surface area contributed by atoms with Crippen molar-refractivity contribution in [3.05, 3.63) is 83.7 Å². The molecule has 2 aliphatic heterocycles. The normalized spacial score (nSPS) is 19.2. The average molecular weight is 388 g/mol. The zero-order chi connectivity index (χ0) is 19.6. The number of nitrogens with zero attached hydrogens (tertiary/aromatic N) is 3. The Morgan fingerprint density at radius 1 is 1.07 bits per heavy atom. The first kappa shape index (κ1) is 17.9. The molecule has 0 saturated carbocycles. The first-order valence-corrected chi connectivity index (χ1v) is 10.1. The number of hydrogen-bond donors (Lipinski definition) is 1. The molecule has 0 bridgehead atoms. The molecule has 0 aliphatic carbocycles. The van der Waals surface area contributed by atoms with Crippen LogP contribution >= 0.6 is 0 Å². The second kappa shape index (κ2) is 7.72. The van der Waals surface area contributed by atoms with Crippen LogP contribution < -0.4 is 5.32 Å². The van der Waals surface area contributed by atoms with E-state index in [0.717, 1.165) is 35.5 Å². The lowest BCUT2D eigenvalue weighted by molar-refractivity contribution is 0.168. The van der Waals surface area contributed by atoms with Crippen LogP contribution in [0.3, 0.4) is 0 Å². The van der Waals surface area contributed by atoms with E-state index in [0.29, 0.717) is 25.6 Å². The summed E-state index contributed by atoms with van der Waals surface area (Å²) in [5, 5.41) is 7.79. The van der Waals surface area contributed by atoms with Gasteiger partial charge in [-0.2, -0.15) is 5.10 Å². The van der Waals surface area contributed by atoms with Gasteiger partial charge in [-0.1, -0.05) is 48.5 Å². The van der Waals surface area contributed by atoms with Gasteiger partial charge in [-0.25, -0.2) is 9.48 Å². The molecule has 5 rings (SSSR count). The van der Waals surface area contributed by atoms with Crippen LogP contribution in [0.4, 0.5) is 4.79 Å². The minimum Gasteiger partial charge on any atom is -0.381 e. The number of urea groups is 1. The molecule has 3 aromatic rings. The van der Waals surface area contributed by atoms with Crippen LogP contribution in [-0.2, 0) is 17.8 Å². The van der Waals surface area contributed by atoms with E-state index in [1.807, 2.05) is 64.3 Å². The van der Waals surface area contributed by atoms with Gasteiger partial charge in [0.05, 0.1) is 43.3 Å². The van der Waals surface area contributed by atoms with Gasteiger partial charge >= 0.3 is 6.03 Å². The van der Waals surface area contributed by atoms with Gasteiger partial charge in [-0.15, -0.1) is 0 Å². The van der Waals surface area contributed by atoms with Crippen molar-refractivity contribution in [3.63, 3.8) is 0 Å². The van der Waals surface area contributed by atoms with Crippen molar-refractivity contribution < 1.29 is 9.53 Å². The van der Waals surface area contributed by atoms with Crippen molar-refractivity contribution in [1.29, 1.82) is 0 Å². The molecule has 1 saturated heterocycles. The molecule has 148 valence electrons. The van der Waals surface area contributed by atoms with Gasteiger partial charge in [0, 0.05) is 18.1 Å². The minimum atomic E-state index is -0.0412. The Kier molecular flexibility index (Phi) is 4.77. The fraction of sp³-hybridized carbons (Fsp3) is 0.304. The lowest BCUT2D eigenvalue weighted by Crippen LogP contribution is -2.41. The van der Waals surface area contributed by atoms with Gasteiger partial charge < -0.3 is 15.0 Å². The predicted molar refractivity (Wildman–Crippen MR) is 109 cm³/mol. The molecule has 0 radical (unpaired) electrons. The van der Waals surface area contributed by atoms with Gasteiger partial charge in [0.25, 0.3) is 0 Å². The van der Waals surface area contributed by atoms with Crippen molar-refractivity contribution in [1.82, 2.24) is 20.0 Å². The Morgan fingerprint density at radius 2 is 1.83 bits per heavy atom. The monoisotopic (exact) mass is 388 g/mol. The zero-order valence-electron chi connectivity index (χ0n) is 16.2. The molecule has 2 atom stereocenters. The van der Waals surface area contributed by atoms with Crippen molar-refractivity contribution in [3.8, 4) is 5.69 Å². The highest BCUT2D eigenvalue weighted by atomic mass is 16.5. The largest absolute Gasteiger partial charge is 0.381 e. The molecule has 1 fully saturated rings. The van der Waals surface area contributed by atoms with Crippen LogP contribution in [0, 0.1) is 5.92 Å². The van der Waals surface area contributed by atoms with E-state index >= 15 is 0 Å². The van der Waals surface area contributed by atoms with Crippen LogP contribution in [0.15, 0.2) is 66.9 Å². The van der Waals surface area contributed by atoms with E-state index in [2.05, 4.69) is 22.5 Å². The number of carbonyl (C=O) groups is 1. The Bertz CT molecular complexity index is 981. The fourth-order valence-electron chi connectivity index (χ4n) is 4.26. The number of benzene rings is 2. The van der Waals surface area contributed by atoms with Crippen molar-refractivity contribution in [2.45, 2.75) is 25.6 Å². The third-order valence-corrected chi connectivity index (χ3v) is 5.82.